The summed E-state index contributed by atoms with van der Waals surface area (Å²) in [6, 6.07) is 10.4. The van der Waals surface area contributed by atoms with Gasteiger partial charge >= 0.3 is 0 Å². The molecule has 0 saturated heterocycles. The minimum Gasteiger partial charge on any atom is -0.496 e. The van der Waals surface area contributed by atoms with Crippen LogP contribution in [0.15, 0.2) is 36.4 Å². The first-order valence-electron chi connectivity index (χ1n) is 5.73. The van der Waals surface area contributed by atoms with Crippen molar-refractivity contribution < 1.29 is 13.5 Å². The highest BCUT2D eigenvalue weighted by Gasteiger charge is 2.16. The van der Waals surface area contributed by atoms with Gasteiger partial charge in [0.1, 0.15) is 5.75 Å². The van der Waals surface area contributed by atoms with Gasteiger partial charge in [-0.3, -0.25) is 0 Å². The number of alkyl halides is 2. The van der Waals surface area contributed by atoms with Crippen molar-refractivity contribution in [3.05, 3.63) is 42.0 Å². The maximum absolute atomic E-state index is 12.4. The molecule has 0 fully saturated rings. The molecule has 0 aromatic heterocycles. The lowest BCUT2D eigenvalue weighted by molar-refractivity contribution is 0.128. The van der Waals surface area contributed by atoms with E-state index in [9.17, 15) is 8.78 Å². The molecular weight excluding hydrogens is 272 g/mol. The number of methoxy groups -OCH3 is 1. The Balaban J connectivity index is 0.00000180. The average Bonchev–Trinajstić information content (AvgIpc) is 2.36. The zero-order chi connectivity index (χ0) is 13.1. The molecule has 0 amide bonds. The summed E-state index contributed by atoms with van der Waals surface area (Å²) in [5.74, 6) is 0.721. The number of rotatable bonds is 4. The molecule has 1 atom stereocenters. The van der Waals surface area contributed by atoms with E-state index in [1.807, 2.05) is 24.3 Å². The SMILES string of the molecule is COc1ccc([C@H](N)CC(F)F)c2ccccc12.Cl. The van der Waals surface area contributed by atoms with Crippen molar-refractivity contribution in [2.24, 2.45) is 5.73 Å². The molecule has 2 nitrogen and oxygen atoms in total. The topological polar surface area (TPSA) is 35.2 Å². The van der Waals surface area contributed by atoms with Crippen LogP contribution in [-0.2, 0) is 0 Å². The van der Waals surface area contributed by atoms with Crippen LogP contribution in [0.3, 0.4) is 0 Å². The second-order valence-corrected chi connectivity index (χ2v) is 4.14. The Morgan fingerprint density at radius 3 is 2.32 bits per heavy atom. The summed E-state index contributed by atoms with van der Waals surface area (Å²) in [4.78, 5) is 0. The Bertz CT molecular complexity index is 548. The van der Waals surface area contributed by atoms with Crippen LogP contribution in [0.25, 0.3) is 10.8 Å². The molecule has 0 aliphatic carbocycles. The van der Waals surface area contributed by atoms with Crippen LogP contribution in [0.5, 0.6) is 5.75 Å². The molecule has 0 aliphatic rings. The van der Waals surface area contributed by atoms with Gasteiger partial charge in [-0.1, -0.05) is 30.3 Å². The molecule has 0 aliphatic heterocycles. The average molecular weight is 288 g/mol. The number of hydrogen-bond acceptors (Lipinski definition) is 2. The highest BCUT2D eigenvalue weighted by Crippen LogP contribution is 2.32. The predicted molar refractivity (Wildman–Crippen MR) is 75.3 cm³/mol. The number of hydrogen-bond donors (Lipinski definition) is 1. The van der Waals surface area contributed by atoms with Crippen LogP contribution in [0.4, 0.5) is 8.78 Å². The molecule has 2 aromatic rings. The molecule has 2 N–H and O–H groups in total. The second kappa shape index (κ2) is 6.68. The number of halogens is 3. The minimum atomic E-state index is -2.40. The van der Waals surface area contributed by atoms with Crippen LogP contribution in [0, 0.1) is 0 Å². The highest BCUT2D eigenvalue weighted by molar-refractivity contribution is 5.91. The van der Waals surface area contributed by atoms with Crippen LogP contribution in [-0.4, -0.2) is 13.5 Å². The lowest BCUT2D eigenvalue weighted by atomic mass is 9.97. The van der Waals surface area contributed by atoms with Gasteiger partial charge in [-0.25, -0.2) is 8.78 Å². The largest absolute Gasteiger partial charge is 0.496 e. The summed E-state index contributed by atoms with van der Waals surface area (Å²) in [7, 11) is 1.58. The summed E-state index contributed by atoms with van der Waals surface area (Å²) in [5, 5.41) is 1.76. The van der Waals surface area contributed by atoms with E-state index >= 15 is 0 Å². The molecular formula is C14H16ClF2NO. The number of ether oxygens (including phenoxy) is 1. The van der Waals surface area contributed by atoms with Gasteiger partial charge in [0.05, 0.1) is 7.11 Å². The van der Waals surface area contributed by atoms with Crippen LogP contribution < -0.4 is 10.5 Å². The predicted octanol–water partition coefficient (Wildman–Crippen LogP) is 3.93. The molecule has 2 aromatic carbocycles. The van der Waals surface area contributed by atoms with Gasteiger partial charge in [0.2, 0.25) is 6.43 Å². The number of nitrogens with two attached hydrogens (primary N) is 1. The quantitative estimate of drug-likeness (QED) is 0.925. The zero-order valence-electron chi connectivity index (χ0n) is 10.5. The molecule has 0 heterocycles. The normalized spacial score (nSPS) is 12.3. The molecule has 19 heavy (non-hydrogen) atoms. The fraction of sp³-hybridized carbons (Fsp3) is 0.286. The summed E-state index contributed by atoms with van der Waals surface area (Å²) in [5.41, 5.74) is 6.56. The lowest BCUT2D eigenvalue weighted by Gasteiger charge is -2.16. The van der Waals surface area contributed by atoms with Crippen molar-refractivity contribution in [1.82, 2.24) is 0 Å². The number of benzene rings is 2. The fourth-order valence-corrected chi connectivity index (χ4v) is 2.11. The number of fused-ring (bicyclic) bond motifs is 1. The Morgan fingerprint density at radius 2 is 1.74 bits per heavy atom. The molecule has 0 radical (unpaired) electrons. The van der Waals surface area contributed by atoms with Crippen LogP contribution in [0.1, 0.15) is 18.0 Å². The standard InChI is InChI=1S/C14H15F2NO.ClH/c1-18-13-7-6-10(12(17)8-14(15)16)9-4-2-3-5-11(9)13;/h2-7,12,14H,8,17H2,1H3;1H/t12-;/m1./s1. The fourth-order valence-electron chi connectivity index (χ4n) is 2.11. The third-order valence-electron chi connectivity index (χ3n) is 2.97. The molecule has 0 unspecified atom stereocenters. The highest BCUT2D eigenvalue weighted by atomic mass is 35.5. The van der Waals surface area contributed by atoms with Crippen molar-refractivity contribution in [3.63, 3.8) is 0 Å². The third-order valence-corrected chi connectivity index (χ3v) is 2.97. The van der Waals surface area contributed by atoms with E-state index in [4.69, 9.17) is 10.5 Å². The molecule has 0 spiro atoms. The summed E-state index contributed by atoms with van der Waals surface area (Å²) < 4.78 is 30.1. The van der Waals surface area contributed by atoms with Gasteiger partial charge in [-0.05, 0) is 17.0 Å². The van der Waals surface area contributed by atoms with Crippen molar-refractivity contribution in [2.45, 2.75) is 18.9 Å². The van der Waals surface area contributed by atoms with E-state index in [1.165, 1.54) is 0 Å². The van der Waals surface area contributed by atoms with Gasteiger partial charge in [0.25, 0.3) is 0 Å². The van der Waals surface area contributed by atoms with Crippen molar-refractivity contribution in [3.8, 4) is 5.75 Å². The Morgan fingerprint density at radius 1 is 1.11 bits per heavy atom. The third kappa shape index (κ3) is 3.33. The van der Waals surface area contributed by atoms with E-state index < -0.39 is 12.5 Å². The molecule has 5 heteroatoms. The van der Waals surface area contributed by atoms with E-state index in [2.05, 4.69) is 0 Å². The first-order chi connectivity index (χ1) is 8.63. The first-order valence-corrected chi connectivity index (χ1v) is 5.73. The van der Waals surface area contributed by atoms with Crippen LogP contribution in [0.2, 0.25) is 0 Å². The maximum Gasteiger partial charge on any atom is 0.240 e. The van der Waals surface area contributed by atoms with E-state index in [1.54, 1.807) is 19.2 Å². The monoisotopic (exact) mass is 287 g/mol. The van der Waals surface area contributed by atoms with E-state index in [0.29, 0.717) is 0 Å². The zero-order valence-corrected chi connectivity index (χ0v) is 11.3. The van der Waals surface area contributed by atoms with Crippen molar-refractivity contribution in [1.29, 1.82) is 0 Å². The maximum atomic E-state index is 12.4. The molecule has 0 bridgehead atoms. The smallest absolute Gasteiger partial charge is 0.240 e. The van der Waals surface area contributed by atoms with Crippen molar-refractivity contribution >= 4 is 23.2 Å². The van der Waals surface area contributed by atoms with Gasteiger partial charge in [-0.15, -0.1) is 12.4 Å². The van der Waals surface area contributed by atoms with Gasteiger partial charge < -0.3 is 10.5 Å². The summed E-state index contributed by atoms with van der Waals surface area (Å²) >= 11 is 0. The van der Waals surface area contributed by atoms with E-state index in [0.717, 1.165) is 22.1 Å². The van der Waals surface area contributed by atoms with E-state index in [-0.39, 0.29) is 18.8 Å². The molecule has 104 valence electrons. The first kappa shape index (κ1) is 15.7. The Labute approximate surface area is 117 Å². The molecule has 2 rings (SSSR count). The van der Waals surface area contributed by atoms with Crippen molar-refractivity contribution in [2.75, 3.05) is 7.11 Å². The minimum absolute atomic E-state index is 0. The Kier molecular flexibility index (Phi) is 5.51. The summed E-state index contributed by atoms with van der Waals surface area (Å²) in [6.45, 7) is 0. The van der Waals surface area contributed by atoms with Gasteiger partial charge in [0, 0.05) is 17.8 Å². The van der Waals surface area contributed by atoms with Gasteiger partial charge in [0.15, 0.2) is 0 Å². The second-order valence-electron chi connectivity index (χ2n) is 4.14. The Hall–Kier alpha value is -1.39. The summed E-state index contributed by atoms with van der Waals surface area (Å²) in [6.07, 6.45) is -2.74. The van der Waals surface area contributed by atoms with Gasteiger partial charge in [-0.2, -0.15) is 0 Å². The van der Waals surface area contributed by atoms with Crippen LogP contribution >= 0.6 is 12.4 Å². The molecule has 0 saturated carbocycles. The lowest BCUT2D eigenvalue weighted by Crippen LogP contribution is -2.14.